The normalized spacial score (nSPS) is 10.6. The lowest BCUT2D eigenvalue weighted by Gasteiger charge is -2.08. The molecule has 0 saturated heterocycles. The molecule has 5 heteroatoms. The molecule has 1 aromatic carbocycles. The SMILES string of the molecule is CCCCOCCNCc1cc(C(N)=O)ccc1F. The summed E-state index contributed by atoms with van der Waals surface area (Å²) in [5.74, 6) is -0.895. The molecule has 0 radical (unpaired) electrons. The number of ether oxygens (including phenoxy) is 1. The largest absolute Gasteiger partial charge is 0.380 e. The molecule has 1 rings (SSSR count). The van der Waals surface area contributed by atoms with E-state index in [9.17, 15) is 9.18 Å². The monoisotopic (exact) mass is 268 g/mol. The van der Waals surface area contributed by atoms with E-state index in [1.54, 1.807) is 0 Å². The molecular formula is C14H21FN2O2. The smallest absolute Gasteiger partial charge is 0.248 e. The molecule has 0 aliphatic carbocycles. The van der Waals surface area contributed by atoms with Gasteiger partial charge >= 0.3 is 0 Å². The maximum Gasteiger partial charge on any atom is 0.248 e. The van der Waals surface area contributed by atoms with Crippen LogP contribution in [0.25, 0.3) is 0 Å². The van der Waals surface area contributed by atoms with Crippen LogP contribution in [0.15, 0.2) is 18.2 Å². The fourth-order valence-corrected chi connectivity index (χ4v) is 1.58. The Bertz CT molecular complexity index is 410. The van der Waals surface area contributed by atoms with Crippen molar-refractivity contribution < 1.29 is 13.9 Å². The van der Waals surface area contributed by atoms with Crippen LogP contribution >= 0.6 is 0 Å². The van der Waals surface area contributed by atoms with Crippen molar-refractivity contribution in [3.8, 4) is 0 Å². The zero-order chi connectivity index (χ0) is 14.1. The van der Waals surface area contributed by atoms with E-state index in [1.807, 2.05) is 0 Å². The number of amides is 1. The summed E-state index contributed by atoms with van der Waals surface area (Å²) in [4.78, 5) is 11.0. The van der Waals surface area contributed by atoms with E-state index < -0.39 is 5.91 Å². The summed E-state index contributed by atoms with van der Waals surface area (Å²) in [6.45, 7) is 4.45. The summed E-state index contributed by atoms with van der Waals surface area (Å²) < 4.78 is 18.9. The summed E-state index contributed by atoms with van der Waals surface area (Å²) >= 11 is 0. The lowest BCUT2D eigenvalue weighted by atomic mass is 10.1. The van der Waals surface area contributed by atoms with Crippen LogP contribution in [0.3, 0.4) is 0 Å². The van der Waals surface area contributed by atoms with Crippen LogP contribution in [0, 0.1) is 5.82 Å². The van der Waals surface area contributed by atoms with Crippen molar-refractivity contribution in [2.75, 3.05) is 19.8 Å². The predicted octanol–water partition coefficient (Wildman–Crippen LogP) is 1.83. The Kier molecular flexibility index (Phi) is 7.07. The van der Waals surface area contributed by atoms with Gasteiger partial charge in [-0.15, -0.1) is 0 Å². The molecule has 4 nitrogen and oxygen atoms in total. The van der Waals surface area contributed by atoms with Gasteiger partial charge < -0.3 is 15.8 Å². The van der Waals surface area contributed by atoms with E-state index in [2.05, 4.69) is 12.2 Å². The minimum atomic E-state index is -0.552. The summed E-state index contributed by atoms with van der Waals surface area (Å²) in [5, 5.41) is 3.07. The van der Waals surface area contributed by atoms with E-state index in [0.29, 0.717) is 30.8 Å². The highest BCUT2D eigenvalue weighted by molar-refractivity contribution is 5.92. The van der Waals surface area contributed by atoms with Crippen molar-refractivity contribution >= 4 is 5.91 Å². The number of nitrogens with two attached hydrogens (primary N) is 1. The highest BCUT2D eigenvalue weighted by Gasteiger charge is 2.06. The van der Waals surface area contributed by atoms with Crippen LogP contribution < -0.4 is 11.1 Å². The van der Waals surface area contributed by atoms with Gasteiger partial charge in [-0.05, 0) is 24.6 Å². The van der Waals surface area contributed by atoms with Gasteiger partial charge in [0.15, 0.2) is 0 Å². The number of halogens is 1. The van der Waals surface area contributed by atoms with Crippen LogP contribution in [0.1, 0.15) is 35.7 Å². The van der Waals surface area contributed by atoms with Gasteiger partial charge in [0, 0.05) is 30.8 Å². The molecule has 0 aliphatic rings. The molecule has 0 spiro atoms. The molecule has 0 aliphatic heterocycles. The minimum Gasteiger partial charge on any atom is -0.380 e. The van der Waals surface area contributed by atoms with Crippen LogP contribution in [0.2, 0.25) is 0 Å². The molecule has 0 fully saturated rings. The first-order chi connectivity index (χ1) is 9.15. The van der Waals surface area contributed by atoms with Gasteiger partial charge in [-0.2, -0.15) is 0 Å². The van der Waals surface area contributed by atoms with E-state index in [4.69, 9.17) is 10.5 Å². The number of unbranched alkanes of at least 4 members (excludes halogenated alkanes) is 1. The number of hydrogen-bond donors (Lipinski definition) is 2. The molecule has 0 saturated carbocycles. The quantitative estimate of drug-likeness (QED) is 0.672. The van der Waals surface area contributed by atoms with Gasteiger partial charge in [0.1, 0.15) is 5.82 Å². The second kappa shape index (κ2) is 8.61. The summed E-state index contributed by atoms with van der Waals surface area (Å²) in [5.41, 5.74) is 5.91. The first-order valence-electron chi connectivity index (χ1n) is 6.51. The number of rotatable bonds is 9. The highest BCUT2D eigenvalue weighted by Crippen LogP contribution is 2.10. The molecule has 0 aromatic heterocycles. The molecule has 0 unspecified atom stereocenters. The maximum absolute atomic E-state index is 13.5. The van der Waals surface area contributed by atoms with Gasteiger partial charge in [0.25, 0.3) is 0 Å². The third kappa shape index (κ3) is 5.81. The van der Waals surface area contributed by atoms with Crippen molar-refractivity contribution in [3.63, 3.8) is 0 Å². The molecule has 0 bridgehead atoms. The van der Waals surface area contributed by atoms with Crippen molar-refractivity contribution in [1.29, 1.82) is 0 Å². The third-order valence-corrected chi connectivity index (χ3v) is 2.71. The number of nitrogens with one attached hydrogen (secondary N) is 1. The van der Waals surface area contributed by atoms with E-state index >= 15 is 0 Å². The number of carbonyl (C=O) groups excluding carboxylic acids is 1. The predicted molar refractivity (Wildman–Crippen MR) is 72.4 cm³/mol. The standard InChI is InChI=1S/C14H21FN2O2/c1-2-3-7-19-8-6-17-10-12-9-11(14(16)18)4-5-13(12)15/h4-5,9,17H,2-3,6-8,10H2,1H3,(H2,16,18). The lowest BCUT2D eigenvalue weighted by molar-refractivity contribution is 0.1000. The fraction of sp³-hybridized carbons (Fsp3) is 0.500. The number of carbonyl (C=O) groups is 1. The fourth-order valence-electron chi connectivity index (χ4n) is 1.58. The van der Waals surface area contributed by atoms with Crippen molar-refractivity contribution in [2.24, 2.45) is 5.73 Å². The van der Waals surface area contributed by atoms with Crippen LogP contribution in [0.4, 0.5) is 4.39 Å². The molecule has 0 heterocycles. The highest BCUT2D eigenvalue weighted by atomic mass is 19.1. The van der Waals surface area contributed by atoms with Crippen molar-refractivity contribution in [2.45, 2.75) is 26.3 Å². The Morgan fingerprint density at radius 3 is 2.89 bits per heavy atom. The van der Waals surface area contributed by atoms with Crippen molar-refractivity contribution in [3.05, 3.63) is 35.1 Å². The first kappa shape index (κ1) is 15.6. The summed E-state index contributed by atoms with van der Waals surface area (Å²) in [6, 6.07) is 4.12. The molecule has 19 heavy (non-hydrogen) atoms. The Labute approximate surface area is 113 Å². The Balaban J connectivity index is 2.32. The van der Waals surface area contributed by atoms with Gasteiger partial charge in [-0.25, -0.2) is 4.39 Å². The molecule has 1 amide bonds. The van der Waals surface area contributed by atoms with Crippen molar-refractivity contribution in [1.82, 2.24) is 5.32 Å². The topological polar surface area (TPSA) is 64.3 Å². The summed E-state index contributed by atoms with van der Waals surface area (Å²) in [6.07, 6.45) is 2.16. The zero-order valence-electron chi connectivity index (χ0n) is 11.2. The Hall–Kier alpha value is -1.46. The van der Waals surface area contributed by atoms with E-state index in [-0.39, 0.29) is 5.82 Å². The first-order valence-corrected chi connectivity index (χ1v) is 6.51. The Morgan fingerprint density at radius 1 is 1.42 bits per heavy atom. The minimum absolute atomic E-state index is 0.317. The average molecular weight is 268 g/mol. The second-order valence-electron chi connectivity index (χ2n) is 4.31. The molecule has 0 atom stereocenters. The van der Waals surface area contributed by atoms with Crippen LogP contribution in [-0.2, 0) is 11.3 Å². The number of primary amides is 1. The van der Waals surface area contributed by atoms with Gasteiger partial charge in [0.05, 0.1) is 6.61 Å². The van der Waals surface area contributed by atoms with Gasteiger partial charge in [0.2, 0.25) is 5.91 Å². The number of benzene rings is 1. The summed E-state index contributed by atoms with van der Waals surface area (Å²) in [7, 11) is 0. The molecule has 3 N–H and O–H groups in total. The van der Waals surface area contributed by atoms with Gasteiger partial charge in [-0.1, -0.05) is 13.3 Å². The maximum atomic E-state index is 13.5. The van der Waals surface area contributed by atoms with E-state index in [0.717, 1.165) is 19.4 Å². The molecular weight excluding hydrogens is 247 g/mol. The van der Waals surface area contributed by atoms with E-state index in [1.165, 1.54) is 18.2 Å². The van der Waals surface area contributed by atoms with Crippen LogP contribution in [0.5, 0.6) is 0 Å². The number of hydrogen-bond acceptors (Lipinski definition) is 3. The zero-order valence-corrected chi connectivity index (χ0v) is 11.2. The lowest BCUT2D eigenvalue weighted by Crippen LogP contribution is -2.20. The molecule has 106 valence electrons. The van der Waals surface area contributed by atoms with Gasteiger partial charge in [-0.3, -0.25) is 4.79 Å². The molecule has 1 aromatic rings. The average Bonchev–Trinajstić information content (AvgIpc) is 2.39. The third-order valence-electron chi connectivity index (χ3n) is 2.71. The van der Waals surface area contributed by atoms with Crippen LogP contribution in [-0.4, -0.2) is 25.7 Å². The second-order valence-corrected chi connectivity index (χ2v) is 4.31. The Morgan fingerprint density at radius 2 is 2.21 bits per heavy atom.